The van der Waals surface area contributed by atoms with Crippen molar-refractivity contribution in [3.63, 3.8) is 0 Å². The van der Waals surface area contributed by atoms with Gasteiger partial charge in [0, 0.05) is 23.7 Å². The largest absolute Gasteiger partial charge is 0.328 e. The number of H-pyrrole nitrogens is 2. The molecule has 9 nitrogen and oxygen atoms in total. The number of fused-ring (bicyclic) bond motifs is 2. The topological polar surface area (TPSA) is 128 Å². The third-order valence-electron chi connectivity index (χ3n) is 5.95. The van der Waals surface area contributed by atoms with E-state index >= 15 is 0 Å². The Balaban J connectivity index is 1.19. The number of nitrogens with zero attached hydrogens (tertiary/aromatic N) is 3. The van der Waals surface area contributed by atoms with Gasteiger partial charge in [0.05, 0.1) is 17.3 Å². The van der Waals surface area contributed by atoms with Gasteiger partial charge >= 0.3 is 0 Å². The Hall–Kier alpha value is -5.31. The summed E-state index contributed by atoms with van der Waals surface area (Å²) in [5.41, 5.74) is 3.67. The van der Waals surface area contributed by atoms with Crippen LogP contribution in [0.5, 0.6) is 0 Å². The van der Waals surface area contributed by atoms with Crippen molar-refractivity contribution < 1.29 is 9.59 Å². The second kappa shape index (κ2) is 9.38. The molecule has 0 unspecified atom stereocenters. The van der Waals surface area contributed by atoms with E-state index in [1.165, 1.54) is 0 Å². The maximum atomic E-state index is 13.1. The van der Waals surface area contributed by atoms with Crippen LogP contribution < -0.4 is 10.6 Å². The number of imidazole rings is 2. The molecule has 6 aromatic rings. The SMILES string of the molecule is O=C(Nc1nc2c(C(=O)Nc3ncc(Cc4ccccc4)[nH]3)cccc2[nH]1)c1cc2ccccc2cn1. The van der Waals surface area contributed by atoms with Crippen LogP contribution in [-0.2, 0) is 6.42 Å². The number of nitrogens with one attached hydrogen (secondary N) is 4. The fraction of sp³-hybridized carbons (Fsp3) is 0.0357. The van der Waals surface area contributed by atoms with Crippen LogP contribution in [-0.4, -0.2) is 36.7 Å². The van der Waals surface area contributed by atoms with Gasteiger partial charge in [0.2, 0.25) is 11.9 Å². The van der Waals surface area contributed by atoms with Crippen LogP contribution in [0.25, 0.3) is 21.8 Å². The van der Waals surface area contributed by atoms with Gasteiger partial charge in [0.15, 0.2) is 0 Å². The van der Waals surface area contributed by atoms with E-state index in [0.717, 1.165) is 22.0 Å². The van der Waals surface area contributed by atoms with Crippen molar-refractivity contribution in [3.05, 3.63) is 114 Å². The standard InChI is InChI=1S/C28H21N7O2/c36-25(34-27-30-16-20(31-27)13-17-7-2-1-3-8-17)21-11-6-12-22-24(21)33-28(32-22)35-26(37)23-14-18-9-4-5-10-19(18)15-29-23/h1-12,14-16H,13H2,(H2,30,31,34,36)(H2,32,33,35,37). The van der Waals surface area contributed by atoms with Crippen molar-refractivity contribution >= 4 is 45.5 Å². The van der Waals surface area contributed by atoms with Gasteiger partial charge in [-0.3, -0.25) is 25.2 Å². The fourth-order valence-electron chi connectivity index (χ4n) is 4.16. The minimum atomic E-state index is -0.405. The first-order valence-electron chi connectivity index (χ1n) is 11.7. The maximum absolute atomic E-state index is 13.1. The van der Waals surface area contributed by atoms with Crippen molar-refractivity contribution in [2.24, 2.45) is 0 Å². The monoisotopic (exact) mass is 487 g/mol. The Bertz CT molecular complexity index is 1750. The summed E-state index contributed by atoms with van der Waals surface area (Å²) in [6, 6.07) is 24.6. The molecule has 3 heterocycles. The smallest absolute Gasteiger partial charge is 0.276 e. The molecule has 4 N–H and O–H groups in total. The Morgan fingerprint density at radius 3 is 2.38 bits per heavy atom. The van der Waals surface area contributed by atoms with E-state index in [1.54, 1.807) is 36.7 Å². The van der Waals surface area contributed by atoms with Gasteiger partial charge in [-0.25, -0.2) is 9.97 Å². The van der Waals surface area contributed by atoms with E-state index in [9.17, 15) is 9.59 Å². The maximum Gasteiger partial charge on any atom is 0.276 e. The highest BCUT2D eigenvalue weighted by Gasteiger charge is 2.17. The van der Waals surface area contributed by atoms with Gasteiger partial charge < -0.3 is 9.97 Å². The summed E-state index contributed by atoms with van der Waals surface area (Å²) in [6.07, 6.45) is 4.03. The van der Waals surface area contributed by atoms with Crippen LogP contribution in [0.15, 0.2) is 91.3 Å². The highest BCUT2D eigenvalue weighted by Crippen LogP contribution is 2.21. The summed E-state index contributed by atoms with van der Waals surface area (Å²) in [4.78, 5) is 45.0. The molecule has 0 radical (unpaired) electrons. The van der Waals surface area contributed by atoms with Crippen molar-refractivity contribution in [2.45, 2.75) is 6.42 Å². The highest BCUT2D eigenvalue weighted by molar-refractivity contribution is 6.11. The minimum Gasteiger partial charge on any atom is -0.328 e. The van der Waals surface area contributed by atoms with Gasteiger partial charge in [-0.2, -0.15) is 0 Å². The zero-order valence-electron chi connectivity index (χ0n) is 19.5. The number of pyridine rings is 1. The van der Waals surface area contributed by atoms with Crippen LogP contribution in [0.2, 0.25) is 0 Å². The first-order chi connectivity index (χ1) is 18.1. The number of aromatic amines is 2. The number of carbonyl (C=O) groups excluding carboxylic acids is 2. The zero-order valence-corrected chi connectivity index (χ0v) is 19.5. The second-order valence-corrected chi connectivity index (χ2v) is 8.53. The van der Waals surface area contributed by atoms with Gasteiger partial charge in [0.25, 0.3) is 11.8 Å². The average molecular weight is 488 g/mol. The van der Waals surface area contributed by atoms with Crippen LogP contribution in [0.4, 0.5) is 11.9 Å². The molecule has 37 heavy (non-hydrogen) atoms. The lowest BCUT2D eigenvalue weighted by molar-refractivity contribution is 0.101. The Morgan fingerprint density at radius 1 is 0.730 bits per heavy atom. The van der Waals surface area contributed by atoms with Gasteiger partial charge in [-0.05, 0) is 29.1 Å². The van der Waals surface area contributed by atoms with Gasteiger partial charge in [0.1, 0.15) is 11.2 Å². The number of para-hydroxylation sites is 1. The Kier molecular flexibility index (Phi) is 5.62. The van der Waals surface area contributed by atoms with Crippen molar-refractivity contribution in [1.82, 2.24) is 24.9 Å². The molecular weight excluding hydrogens is 466 g/mol. The number of carbonyl (C=O) groups is 2. The molecule has 0 fully saturated rings. The fourth-order valence-corrected chi connectivity index (χ4v) is 4.16. The summed E-state index contributed by atoms with van der Waals surface area (Å²) in [7, 11) is 0. The first-order valence-corrected chi connectivity index (χ1v) is 11.7. The van der Waals surface area contributed by atoms with Crippen LogP contribution in [0.3, 0.4) is 0 Å². The Labute approximate surface area is 211 Å². The number of benzene rings is 3. The predicted octanol–water partition coefficient (Wildman–Crippen LogP) is 4.93. The minimum absolute atomic E-state index is 0.221. The van der Waals surface area contributed by atoms with E-state index < -0.39 is 5.91 Å². The molecule has 6 rings (SSSR count). The molecule has 0 saturated carbocycles. The molecule has 2 amide bonds. The third-order valence-corrected chi connectivity index (χ3v) is 5.95. The lowest BCUT2D eigenvalue weighted by Crippen LogP contribution is -2.15. The van der Waals surface area contributed by atoms with Gasteiger partial charge in [-0.1, -0.05) is 60.7 Å². The molecule has 180 valence electrons. The summed E-state index contributed by atoms with van der Waals surface area (Å²) >= 11 is 0. The highest BCUT2D eigenvalue weighted by atomic mass is 16.2. The molecule has 0 aliphatic heterocycles. The van der Waals surface area contributed by atoms with Crippen molar-refractivity contribution in [2.75, 3.05) is 10.6 Å². The zero-order chi connectivity index (χ0) is 25.2. The molecule has 0 atom stereocenters. The normalized spacial score (nSPS) is 11.0. The van der Waals surface area contributed by atoms with Crippen molar-refractivity contribution in [1.29, 1.82) is 0 Å². The lowest BCUT2D eigenvalue weighted by atomic mass is 10.1. The molecule has 0 aliphatic carbocycles. The summed E-state index contributed by atoms with van der Waals surface area (Å²) in [5.74, 6) is -0.207. The van der Waals surface area contributed by atoms with E-state index in [-0.39, 0.29) is 17.5 Å². The van der Waals surface area contributed by atoms with Crippen LogP contribution in [0.1, 0.15) is 32.1 Å². The molecule has 9 heteroatoms. The molecule has 0 bridgehead atoms. The van der Waals surface area contributed by atoms with E-state index in [2.05, 4.69) is 35.6 Å². The van der Waals surface area contributed by atoms with E-state index in [1.807, 2.05) is 54.6 Å². The molecular formula is C28H21N7O2. The number of anilines is 2. The molecule has 0 aliphatic rings. The number of aromatic nitrogens is 5. The van der Waals surface area contributed by atoms with Crippen LogP contribution in [0, 0.1) is 0 Å². The second-order valence-electron chi connectivity index (χ2n) is 8.53. The number of rotatable bonds is 6. The molecule has 0 saturated heterocycles. The molecule has 0 spiro atoms. The third kappa shape index (κ3) is 4.65. The summed E-state index contributed by atoms with van der Waals surface area (Å²) < 4.78 is 0. The summed E-state index contributed by atoms with van der Waals surface area (Å²) in [5, 5.41) is 7.39. The van der Waals surface area contributed by atoms with Crippen molar-refractivity contribution in [3.8, 4) is 0 Å². The average Bonchev–Trinajstić information content (AvgIpc) is 3.54. The van der Waals surface area contributed by atoms with E-state index in [0.29, 0.717) is 29.0 Å². The number of amides is 2. The quantitative estimate of drug-likeness (QED) is 0.265. The van der Waals surface area contributed by atoms with Gasteiger partial charge in [-0.15, -0.1) is 0 Å². The van der Waals surface area contributed by atoms with E-state index in [4.69, 9.17) is 0 Å². The Morgan fingerprint density at radius 2 is 1.51 bits per heavy atom. The first kappa shape index (κ1) is 22.2. The molecule has 3 aromatic heterocycles. The molecule has 3 aromatic carbocycles. The number of hydrogen-bond donors (Lipinski definition) is 4. The number of hydrogen-bond acceptors (Lipinski definition) is 5. The summed E-state index contributed by atoms with van der Waals surface area (Å²) in [6.45, 7) is 0. The lowest BCUT2D eigenvalue weighted by Gasteiger charge is -2.03. The predicted molar refractivity (Wildman–Crippen MR) is 142 cm³/mol. The van der Waals surface area contributed by atoms with Crippen LogP contribution >= 0.6 is 0 Å².